The van der Waals surface area contributed by atoms with Crippen LogP contribution in [0.2, 0.25) is 0 Å². The van der Waals surface area contributed by atoms with E-state index in [0.29, 0.717) is 19.6 Å². The molecule has 116 valence electrons. The van der Waals surface area contributed by atoms with E-state index in [1.165, 1.54) is 0 Å². The second kappa shape index (κ2) is 9.04. The summed E-state index contributed by atoms with van der Waals surface area (Å²) in [6, 6.07) is 8.25. The van der Waals surface area contributed by atoms with Crippen LogP contribution >= 0.6 is 15.9 Å². The normalized spacial score (nSPS) is 11.2. The third-order valence-electron chi connectivity index (χ3n) is 3.11. The Hall–Kier alpha value is -1.09. The van der Waals surface area contributed by atoms with E-state index in [0.717, 1.165) is 28.9 Å². The Balaban J connectivity index is 2.58. The lowest BCUT2D eigenvalue weighted by Crippen LogP contribution is -2.19. The highest BCUT2D eigenvalue weighted by atomic mass is 79.9. The zero-order valence-corrected chi connectivity index (χ0v) is 14.5. The van der Waals surface area contributed by atoms with E-state index in [1.807, 2.05) is 32.0 Å². The standard InChI is InChI=1S/C16H23BrN2O2/c1-16(2,12-18)6-8-21-15-5-4-14(17)10-13(15)11-19-7-9-20-3/h4-5,10,19H,6-9,11H2,1-3H3. The highest BCUT2D eigenvalue weighted by molar-refractivity contribution is 9.10. The monoisotopic (exact) mass is 354 g/mol. The molecule has 0 aliphatic rings. The van der Waals surface area contributed by atoms with Gasteiger partial charge in [0.05, 0.1) is 24.7 Å². The maximum Gasteiger partial charge on any atom is 0.123 e. The Morgan fingerprint density at radius 1 is 1.33 bits per heavy atom. The lowest BCUT2D eigenvalue weighted by atomic mass is 9.92. The molecule has 21 heavy (non-hydrogen) atoms. The van der Waals surface area contributed by atoms with Crippen LogP contribution in [0.5, 0.6) is 5.75 Å². The molecule has 0 unspecified atom stereocenters. The summed E-state index contributed by atoms with van der Waals surface area (Å²) in [6.07, 6.45) is 0.704. The van der Waals surface area contributed by atoms with Gasteiger partial charge in [-0.25, -0.2) is 0 Å². The molecule has 0 radical (unpaired) electrons. The van der Waals surface area contributed by atoms with Crippen LogP contribution < -0.4 is 10.1 Å². The molecule has 0 fully saturated rings. The van der Waals surface area contributed by atoms with Gasteiger partial charge in [0.1, 0.15) is 5.75 Å². The fourth-order valence-electron chi connectivity index (χ4n) is 1.70. The summed E-state index contributed by atoms with van der Waals surface area (Å²) < 4.78 is 11.9. The van der Waals surface area contributed by atoms with Crippen molar-refractivity contribution in [2.45, 2.75) is 26.8 Å². The molecule has 0 spiro atoms. The van der Waals surface area contributed by atoms with Crippen LogP contribution in [0.25, 0.3) is 0 Å². The lowest BCUT2D eigenvalue weighted by molar-refractivity contribution is 0.199. The van der Waals surface area contributed by atoms with Gasteiger partial charge in [-0.3, -0.25) is 0 Å². The maximum absolute atomic E-state index is 9.02. The number of nitrogens with zero attached hydrogens (tertiary/aromatic N) is 1. The van der Waals surface area contributed by atoms with E-state index >= 15 is 0 Å². The zero-order valence-electron chi connectivity index (χ0n) is 12.9. The van der Waals surface area contributed by atoms with Crippen molar-refractivity contribution < 1.29 is 9.47 Å². The summed E-state index contributed by atoms with van der Waals surface area (Å²) in [5.41, 5.74) is 0.738. The Morgan fingerprint density at radius 2 is 2.10 bits per heavy atom. The first-order chi connectivity index (χ1) is 9.98. The highest BCUT2D eigenvalue weighted by Gasteiger charge is 2.16. The topological polar surface area (TPSA) is 54.3 Å². The van der Waals surface area contributed by atoms with Crippen molar-refractivity contribution in [2.75, 3.05) is 26.9 Å². The van der Waals surface area contributed by atoms with Gasteiger partial charge < -0.3 is 14.8 Å². The third-order valence-corrected chi connectivity index (χ3v) is 3.60. The van der Waals surface area contributed by atoms with Crippen molar-refractivity contribution in [3.63, 3.8) is 0 Å². The number of nitriles is 1. The summed E-state index contributed by atoms with van der Waals surface area (Å²) in [5, 5.41) is 12.3. The largest absolute Gasteiger partial charge is 0.493 e. The number of nitrogens with one attached hydrogen (secondary N) is 1. The molecule has 0 heterocycles. The number of methoxy groups -OCH3 is 1. The van der Waals surface area contributed by atoms with Crippen LogP contribution in [-0.2, 0) is 11.3 Å². The molecule has 0 aliphatic heterocycles. The summed E-state index contributed by atoms with van der Waals surface area (Å²) in [4.78, 5) is 0. The highest BCUT2D eigenvalue weighted by Crippen LogP contribution is 2.25. The van der Waals surface area contributed by atoms with Crippen molar-refractivity contribution in [3.8, 4) is 11.8 Å². The molecule has 1 N–H and O–H groups in total. The van der Waals surface area contributed by atoms with E-state index < -0.39 is 0 Å². The van der Waals surface area contributed by atoms with Crippen LogP contribution in [-0.4, -0.2) is 26.9 Å². The molecule has 1 rings (SSSR count). The number of benzene rings is 1. The molecule has 0 saturated carbocycles. The van der Waals surface area contributed by atoms with Crippen LogP contribution in [0.3, 0.4) is 0 Å². The van der Waals surface area contributed by atoms with E-state index in [9.17, 15) is 0 Å². The number of halogens is 1. The minimum absolute atomic E-state index is 0.355. The van der Waals surface area contributed by atoms with Crippen LogP contribution in [0.1, 0.15) is 25.8 Å². The van der Waals surface area contributed by atoms with Crippen LogP contribution in [0.15, 0.2) is 22.7 Å². The van der Waals surface area contributed by atoms with Crippen molar-refractivity contribution >= 4 is 15.9 Å². The number of hydrogen-bond acceptors (Lipinski definition) is 4. The summed E-state index contributed by atoms with van der Waals surface area (Å²) in [6.45, 7) is 6.58. The minimum atomic E-state index is -0.355. The molecular formula is C16H23BrN2O2. The molecule has 4 nitrogen and oxygen atoms in total. The van der Waals surface area contributed by atoms with Gasteiger partial charge in [0.25, 0.3) is 0 Å². The molecule has 1 aromatic rings. The Kier molecular flexibility index (Phi) is 7.73. The predicted molar refractivity (Wildman–Crippen MR) is 87.2 cm³/mol. The van der Waals surface area contributed by atoms with Gasteiger partial charge in [-0.15, -0.1) is 0 Å². The first-order valence-corrected chi connectivity index (χ1v) is 7.80. The van der Waals surface area contributed by atoms with E-state index in [4.69, 9.17) is 14.7 Å². The van der Waals surface area contributed by atoms with Gasteiger partial charge in [-0.2, -0.15) is 5.26 Å². The number of ether oxygens (including phenoxy) is 2. The summed E-state index contributed by atoms with van der Waals surface area (Å²) >= 11 is 3.48. The van der Waals surface area contributed by atoms with Gasteiger partial charge in [-0.05, 0) is 38.5 Å². The fraction of sp³-hybridized carbons (Fsp3) is 0.562. The van der Waals surface area contributed by atoms with Gasteiger partial charge in [0, 0.05) is 30.2 Å². The molecule has 1 aromatic carbocycles. The Bertz CT molecular complexity index is 484. The maximum atomic E-state index is 9.02. The van der Waals surface area contributed by atoms with Crippen molar-refractivity contribution in [1.29, 1.82) is 5.26 Å². The van der Waals surface area contributed by atoms with Gasteiger partial charge in [0.2, 0.25) is 0 Å². The van der Waals surface area contributed by atoms with Crippen molar-refractivity contribution in [3.05, 3.63) is 28.2 Å². The van der Waals surface area contributed by atoms with E-state index in [-0.39, 0.29) is 5.41 Å². The zero-order chi connectivity index (χ0) is 15.7. The van der Waals surface area contributed by atoms with Gasteiger partial charge in [0.15, 0.2) is 0 Å². The van der Waals surface area contributed by atoms with Crippen molar-refractivity contribution in [1.82, 2.24) is 5.32 Å². The Labute approximate surface area is 135 Å². The number of hydrogen-bond donors (Lipinski definition) is 1. The van der Waals surface area contributed by atoms with Crippen LogP contribution in [0, 0.1) is 16.7 Å². The lowest BCUT2D eigenvalue weighted by Gasteiger charge is -2.17. The van der Waals surface area contributed by atoms with E-state index in [2.05, 4.69) is 27.3 Å². The molecule has 0 aromatic heterocycles. The average Bonchev–Trinajstić information content (AvgIpc) is 2.45. The molecule has 0 saturated heterocycles. The second-order valence-corrected chi connectivity index (χ2v) is 6.43. The molecule has 0 aliphatic carbocycles. The molecule has 5 heteroatoms. The Morgan fingerprint density at radius 3 is 2.76 bits per heavy atom. The van der Waals surface area contributed by atoms with Crippen molar-refractivity contribution in [2.24, 2.45) is 5.41 Å². The summed E-state index contributed by atoms with van der Waals surface area (Å²) in [5.74, 6) is 0.858. The van der Waals surface area contributed by atoms with Gasteiger partial charge >= 0.3 is 0 Å². The smallest absolute Gasteiger partial charge is 0.123 e. The quantitative estimate of drug-likeness (QED) is 0.689. The average molecular weight is 355 g/mol. The predicted octanol–water partition coefficient (Wildman–Crippen LogP) is 3.50. The van der Waals surface area contributed by atoms with Crippen LogP contribution in [0.4, 0.5) is 0 Å². The second-order valence-electron chi connectivity index (χ2n) is 5.52. The first kappa shape index (κ1) is 18.0. The summed E-state index contributed by atoms with van der Waals surface area (Å²) in [7, 11) is 1.69. The van der Waals surface area contributed by atoms with Gasteiger partial charge in [-0.1, -0.05) is 15.9 Å². The number of rotatable bonds is 9. The molecule has 0 bridgehead atoms. The third kappa shape index (κ3) is 6.94. The molecule has 0 amide bonds. The SMILES string of the molecule is COCCNCc1cc(Br)ccc1OCCC(C)(C)C#N. The minimum Gasteiger partial charge on any atom is -0.493 e. The molecule has 0 atom stereocenters. The van der Waals surface area contributed by atoms with E-state index in [1.54, 1.807) is 7.11 Å². The fourth-order valence-corrected chi connectivity index (χ4v) is 2.10. The first-order valence-electron chi connectivity index (χ1n) is 7.00. The molecular weight excluding hydrogens is 332 g/mol.